The highest BCUT2D eigenvalue weighted by atomic mass is 35.5. The number of rotatable bonds is 3. The Labute approximate surface area is 118 Å². The number of hydrogen-bond acceptors (Lipinski definition) is 1. The van der Waals surface area contributed by atoms with E-state index < -0.39 is 0 Å². The maximum atomic E-state index is 5.82. The van der Waals surface area contributed by atoms with Gasteiger partial charge in [0, 0.05) is 5.02 Å². The summed E-state index contributed by atoms with van der Waals surface area (Å²) in [6.07, 6.45) is 6.04. The minimum Gasteiger partial charge on any atom is -0.151 e. The van der Waals surface area contributed by atoms with Gasteiger partial charge < -0.3 is 0 Å². The van der Waals surface area contributed by atoms with E-state index in [1.54, 1.807) is 11.3 Å². The van der Waals surface area contributed by atoms with Gasteiger partial charge in [-0.1, -0.05) is 62.4 Å². The molecule has 0 aliphatic rings. The third-order valence-electron chi connectivity index (χ3n) is 2.27. The Bertz CT molecular complexity index is 506. The summed E-state index contributed by atoms with van der Waals surface area (Å²) in [5.74, 6) is 0. The molecule has 1 heterocycles. The van der Waals surface area contributed by atoms with Gasteiger partial charge in [-0.05, 0) is 39.6 Å². The first-order chi connectivity index (χ1) is 8.79. The molecule has 1 aromatic carbocycles. The van der Waals surface area contributed by atoms with Crippen molar-refractivity contribution in [2.24, 2.45) is 0 Å². The molecule has 0 bridgehead atoms. The van der Waals surface area contributed by atoms with Crippen LogP contribution in [0.2, 0.25) is 5.02 Å². The van der Waals surface area contributed by atoms with Gasteiger partial charge in [-0.3, -0.25) is 0 Å². The summed E-state index contributed by atoms with van der Waals surface area (Å²) in [6, 6.07) is 7.78. The van der Waals surface area contributed by atoms with Gasteiger partial charge in [0.15, 0.2) is 0 Å². The van der Waals surface area contributed by atoms with Crippen LogP contribution in [-0.4, -0.2) is 0 Å². The van der Waals surface area contributed by atoms with Gasteiger partial charge >= 0.3 is 0 Å². The summed E-state index contributed by atoms with van der Waals surface area (Å²) >= 11 is 7.51. The normalized spacial score (nSPS) is 9.94. The molecule has 2 aromatic rings. The Morgan fingerprint density at radius 2 is 1.61 bits per heavy atom. The predicted octanol–water partition coefficient (Wildman–Crippen LogP) is 6.24. The molecule has 0 N–H and O–H groups in total. The summed E-state index contributed by atoms with van der Waals surface area (Å²) in [6.45, 7) is 7.79. The topological polar surface area (TPSA) is 0 Å². The second-order valence-electron chi connectivity index (χ2n) is 3.37. The summed E-state index contributed by atoms with van der Waals surface area (Å²) in [5, 5.41) is 4.97. The molecule has 0 nitrogen and oxygen atoms in total. The second kappa shape index (κ2) is 7.91. The van der Waals surface area contributed by atoms with Crippen LogP contribution in [0, 0.1) is 0 Å². The van der Waals surface area contributed by atoms with Crippen molar-refractivity contribution in [3.8, 4) is 0 Å². The van der Waals surface area contributed by atoms with Crippen molar-refractivity contribution in [1.82, 2.24) is 0 Å². The first kappa shape index (κ1) is 14.7. The molecule has 0 spiro atoms. The highest BCUT2D eigenvalue weighted by Crippen LogP contribution is 2.19. The van der Waals surface area contributed by atoms with Gasteiger partial charge in [-0.25, -0.2) is 0 Å². The Hall–Kier alpha value is -1.31. The Morgan fingerprint density at radius 1 is 1.00 bits per heavy atom. The first-order valence-electron chi connectivity index (χ1n) is 5.92. The van der Waals surface area contributed by atoms with Gasteiger partial charge in [0.1, 0.15) is 0 Å². The Morgan fingerprint density at radius 3 is 2.22 bits per heavy atom. The van der Waals surface area contributed by atoms with Crippen molar-refractivity contribution in [2.75, 3.05) is 0 Å². The minimum atomic E-state index is 0.763. The molecular weight excluding hydrogens is 260 g/mol. The summed E-state index contributed by atoms with van der Waals surface area (Å²) in [5.41, 5.74) is 3.52. The lowest BCUT2D eigenvalue weighted by Crippen LogP contribution is -1.72. The van der Waals surface area contributed by atoms with Gasteiger partial charge in [0.25, 0.3) is 0 Å². The Kier molecular flexibility index (Phi) is 6.48. The number of halogens is 1. The van der Waals surface area contributed by atoms with Crippen LogP contribution in [0.4, 0.5) is 0 Å². The van der Waals surface area contributed by atoms with Crippen molar-refractivity contribution in [1.29, 1.82) is 0 Å². The van der Waals surface area contributed by atoms with E-state index in [-0.39, 0.29) is 0 Å². The van der Waals surface area contributed by atoms with Crippen LogP contribution in [0.1, 0.15) is 30.5 Å². The monoisotopic (exact) mass is 276 g/mol. The van der Waals surface area contributed by atoms with E-state index in [9.17, 15) is 0 Å². The molecule has 0 saturated carbocycles. The van der Waals surface area contributed by atoms with Crippen LogP contribution in [0.5, 0.6) is 0 Å². The summed E-state index contributed by atoms with van der Waals surface area (Å²) < 4.78 is 0. The molecule has 0 radical (unpaired) electrons. The third kappa shape index (κ3) is 4.17. The fourth-order valence-electron chi connectivity index (χ4n) is 1.38. The molecule has 0 amide bonds. The molecule has 0 atom stereocenters. The molecule has 0 fully saturated rings. The zero-order valence-corrected chi connectivity index (χ0v) is 12.3. The van der Waals surface area contributed by atoms with Crippen LogP contribution >= 0.6 is 22.9 Å². The molecule has 2 rings (SSSR count). The van der Waals surface area contributed by atoms with E-state index in [1.165, 1.54) is 11.1 Å². The smallest absolute Gasteiger partial charge is 0.0406 e. The lowest BCUT2D eigenvalue weighted by Gasteiger charge is -1.94. The van der Waals surface area contributed by atoms with E-state index in [2.05, 4.69) is 29.5 Å². The summed E-state index contributed by atoms with van der Waals surface area (Å²) in [4.78, 5) is 0. The van der Waals surface area contributed by atoms with E-state index in [0.29, 0.717) is 0 Å². The fourth-order valence-corrected chi connectivity index (χ4v) is 2.31. The van der Waals surface area contributed by atoms with Crippen molar-refractivity contribution in [3.63, 3.8) is 0 Å². The highest BCUT2D eigenvalue weighted by molar-refractivity contribution is 7.08. The SMILES string of the molecule is C=Cc1cscc1/C=C\c1ccc(Cl)cc1.CC. The van der Waals surface area contributed by atoms with Crippen LogP contribution in [0.25, 0.3) is 18.2 Å². The predicted molar refractivity (Wildman–Crippen MR) is 86.1 cm³/mol. The van der Waals surface area contributed by atoms with Gasteiger partial charge in [0.2, 0.25) is 0 Å². The molecule has 0 saturated heterocycles. The molecule has 94 valence electrons. The maximum Gasteiger partial charge on any atom is 0.0406 e. The zero-order valence-electron chi connectivity index (χ0n) is 10.7. The quantitative estimate of drug-likeness (QED) is 0.622. The van der Waals surface area contributed by atoms with Crippen LogP contribution in [-0.2, 0) is 0 Å². The lowest BCUT2D eigenvalue weighted by atomic mass is 10.1. The molecule has 0 aliphatic carbocycles. The van der Waals surface area contributed by atoms with Crippen molar-refractivity contribution < 1.29 is 0 Å². The van der Waals surface area contributed by atoms with E-state index in [4.69, 9.17) is 11.6 Å². The average Bonchev–Trinajstić information content (AvgIpc) is 2.88. The molecular formula is C16H17ClS. The largest absolute Gasteiger partial charge is 0.151 e. The van der Waals surface area contributed by atoms with Crippen molar-refractivity contribution in [3.05, 3.63) is 63.3 Å². The van der Waals surface area contributed by atoms with Crippen LogP contribution < -0.4 is 0 Å². The van der Waals surface area contributed by atoms with Crippen molar-refractivity contribution >= 4 is 41.2 Å². The number of hydrogen-bond donors (Lipinski definition) is 0. The second-order valence-corrected chi connectivity index (χ2v) is 4.55. The molecule has 2 heteroatoms. The van der Waals surface area contributed by atoms with Crippen molar-refractivity contribution in [2.45, 2.75) is 13.8 Å². The van der Waals surface area contributed by atoms with Gasteiger partial charge in [-0.2, -0.15) is 11.3 Å². The van der Waals surface area contributed by atoms with Gasteiger partial charge in [0.05, 0.1) is 0 Å². The van der Waals surface area contributed by atoms with Gasteiger partial charge in [-0.15, -0.1) is 0 Å². The minimum absolute atomic E-state index is 0.763. The average molecular weight is 277 g/mol. The number of benzene rings is 1. The van der Waals surface area contributed by atoms with E-state index >= 15 is 0 Å². The number of thiophene rings is 1. The highest BCUT2D eigenvalue weighted by Gasteiger charge is 1.95. The third-order valence-corrected chi connectivity index (χ3v) is 3.30. The molecule has 0 unspecified atom stereocenters. The maximum absolute atomic E-state index is 5.82. The summed E-state index contributed by atoms with van der Waals surface area (Å²) in [7, 11) is 0. The van der Waals surface area contributed by atoms with Crippen LogP contribution in [0.3, 0.4) is 0 Å². The molecule has 0 aliphatic heterocycles. The van der Waals surface area contributed by atoms with E-state index in [1.807, 2.05) is 44.2 Å². The van der Waals surface area contributed by atoms with E-state index in [0.717, 1.165) is 10.6 Å². The van der Waals surface area contributed by atoms with Crippen LogP contribution in [0.15, 0.2) is 41.6 Å². The first-order valence-corrected chi connectivity index (χ1v) is 7.24. The molecule has 1 aromatic heterocycles. The fraction of sp³-hybridized carbons (Fsp3) is 0.125. The molecule has 18 heavy (non-hydrogen) atoms. The lowest BCUT2D eigenvalue weighted by molar-refractivity contribution is 1.50. The zero-order chi connectivity index (χ0) is 13.4. The Balaban J connectivity index is 0.000000771. The standard InChI is InChI=1S/C14H11ClS.C2H6/c1-2-12-9-16-10-13(12)6-3-11-4-7-14(15)8-5-11;1-2/h2-10H,1H2;1-2H3/b6-3-;.